The highest BCUT2D eigenvalue weighted by molar-refractivity contribution is 7.13. The van der Waals surface area contributed by atoms with Gasteiger partial charge in [0.15, 0.2) is 0 Å². The number of methoxy groups -OCH3 is 1. The van der Waals surface area contributed by atoms with Gasteiger partial charge in [0.1, 0.15) is 5.75 Å². The second-order valence-electron chi connectivity index (χ2n) is 6.05. The van der Waals surface area contributed by atoms with Crippen LogP contribution in [0, 0.1) is 0 Å². The number of ether oxygens (including phenoxy) is 1. The molecule has 0 unspecified atom stereocenters. The predicted octanol–water partition coefficient (Wildman–Crippen LogP) is 4.44. The first-order chi connectivity index (χ1) is 13.1. The van der Waals surface area contributed by atoms with E-state index in [4.69, 9.17) is 20.9 Å². The highest BCUT2D eigenvalue weighted by atomic mass is 35.5. The topological polar surface area (TPSA) is 68.5 Å². The third-order valence-corrected chi connectivity index (χ3v) is 5.17. The number of aryl methyl sites for hydroxylation is 1. The van der Waals surface area contributed by atoms with Crippen molar-refractivity contribution in [3.8, 4) is 16.5 Å². The van der Waals surface area contributed by atoms with Gasteiger partial charge in [-0.05, 0) is 36.1 Å². The van der Waals surface area contributed by atoms with E-state index < -0.39 is 0 Å². The van der Waals surface area contributed by atoms with Gasteiger partial charge in [0.05, 0.1) is 12.0 Å². The number of thiophene rings is 1. The molecule has 3 aromatic rings. The highest BCUT2D eigenvalue weighted by Crippen LogP contribution is 2.24. The van der Waals surface area contributed by atoms with Crippen LogP contribution in [0.3, 0.4) is 0 Å². The van der Waals surface area contributed by atoms with E-state index in [9.17, 15) is 4.79 Å². The maximum atomic E-state index is 12.4. The number of halogens is 1. The van der Waals surface area contributed by atoms with E-state index in [2.05, 4.69) is 10.1 Å². The minimum atomic E-state index is 0.0371. The number of benzene rings is 1. The third-order valence-electron chi connectivity index (χ3n) is 4.07. The van der Waals surface area contributed by atoms with Crippen LogP contribution in [-0.2, 0) is 17.8 Å². The van der Waals surface area contributed by atoms with E-state index in [0.29, 0.717) is 48.3 Å². The van der Waals surface area contributed by atoms with Crippen LogP contribution in [0.1, 0.15) is 24.3 Å². The Morgan fingerprint density at radius 3 is 2.96 bits per heavy atom. The second kappa shape index (κ2) is 9.01. The Kier molecular flexibility index (Phi) is 6.47. The smallest absolute Gasteiger partial charge is 0.226 e. The van der Waals surface area contributed by atoms with Crippen molar-refractivity contribution >= 4 is 28.8 Å². The normalized spacial score (nSPS) is 10.8. The van der Waals surface area contributed by atoms with Gasteiger partial charge in [0, 0.05) is 37.0 Å². The second-order valence-corrected chi connectivity index (χ2v) is 7.43. The van der Waals surface area contributed by atoms with Crippen molar-refractivity contribution in [3.63, 3.8) is 0 Å². The van der Waals surface area contributed by atoms with E-state index in [0.717, 1.165) is 10.4 Å². The molecule has 2 heterocycles. The molecule has 0 radical (unpaired) electrons. The van der Waals surface area contributed by atoms with E-state index in [1.165, 1.54) is 0 Å². The number of hydrogen-bond acceptors (Lipinski definition) is 6. The Morgan fingerprint density at radius 2 is 2.22 bits per heavy atom. The summed E-state index contributed by atoms with van der Waals surface area (Å²) in [6.07, 6.45) is 1.61. The SMILES string of the molecule is COc1ccc(Cl)cc1CN(C)C(=O)CCCc1nc(-c2cccs2)no1. The van der Waals surface area contributed by atoms with Gasteiger partial charge < -0.3 is 14.2 Å². The van der Waals surface area contributed by atoms with E-state index in [1.54, 1.807) is 42.5 Å². The molecule has 0 bridgehead atoms. The van der Waals surface area contributed by atoms with Gasteiger partial charge in [-0.3, -0.25) is 4.79 Å². The summed E-state index contributed by atoms with van der Waals surface area (Å²) in [6.45, 7) is 0.436. The van der Waals surface area contributed by atoms with Crippen LogP contribution >= 0.6 is 22.9 Å². The quantitative estimate of drug-likeness (QED) is 0.554. The third kappa shape index (κ3) is 5.08. The van der Waals surface area contributed by atoms with Crippen molar-refractivity contribution in [2.75, 3.05) is 14.2 Å². The summed E-state index contributed by atoms with van der Waals surface area (Å²) in [5.74, 6) is 1.89. The molecule has 1 amide bonds. The number of rotatable bonds is 8. The Bertz CT molecular complexity index is 896. The van der Waals surface area contributed by atoms with E-state index in [1.807, 2.05) is 23.6 Å². The number of carbonyl (C=O) groups excluding carboxylic acids is 1. The number of nitrogens with zero attached hydrogens (tertiary/aromatic N) is 3. The molecule has 0 N–H and O–H groups in total. The van der Waals surface area contributed by atoms with Crippen molar-refractivity contribution < 1.29 is 14.1 Å². The molecule has 0 fully saturated rings. The molecule has 0 spiro atoms. The van der Waals surface area contributed by atoms with Crippen LogP contribution < -0.4 is 4.74 Å². The van der Waals surface area contributed by atoms with Crippen LogP contribution in [0.25, 0.3) is 10.7 Å². The van der Waals surface area contributed by atoms with E-state index >= 15 is 0 Å². The first kappa shape index (κ1) is 19.4. The number of aromatic nitrogens is 2. The molecule has 0 saturated heterocycles. The van der Waals surface area contributed by atoms with Crippen molar-refractivity contribution in [1.82, 2.24) is 15.0 Å². The lowest BCUT2D eigenvalue weighted by molar-refractivity contribution is -0.130. The van der Waals surface area contributed by atoms with Gasteiger partial charge in [-0.1, -0.05) is 22.8 Å². The molecule has 6 nitrogen and oxygen atoms in total. The Morgan fingerprint density at radius 1 is 1.37 bits per heavy atom. The zero-order valence-electron chi connectivity index (χ0n) is 15.1. The van der Waals surface area contributed by atoms with Crippen LogP contribution in [0.2, 0.25) is 5.02 Å². The minimum absolute atomic E-state index is 0.0371. The molecule has 0 aliphatic rings. The molecule has 142 valence electrons. The summed E-state index contributed by atoms with van der Waals surface area (Å²) in [6, 6.07) is 9.27. The highest BCUT2D eigenvalue weighted by Gasteiger charge is 2.14. The first-order valence-corrected chi connectivity index (χ1v) is 9.75. The Balaban J connectivity index is 1.50. The van der Waals surface area contributed by atoms with Crippen LogP contribution in [0.4, 0.5) is 0 Å². The maximum Gasteiger partial charge on any atom is 0.226 e. The summed E-state index contributed by atoms with van der Waals surface area (Å²) in [4.78, 5) is 19.4. The van der Waals surface area contributed by atoms with Gasteiger partial charge in [0.2, 0.25) is 17.6 Å². The number of hydrogen-bond donors (Lipinski definition) is 0. The van der Waals surface area contributed by atoms with Gasteiger partial charge in [-0.25, -0.2) is 0 Å². The standard InChI is InChI=1S/C19H20ClN3O3S/c1-23(12-13-11-14(20)8-9-15(13)25-2)18(24)7-3-6-17-21-19(22-26-17)16-5-4-10-27-16/h4-5,8-11H,3,6-7,12H2,1-2H3. The van der Waals surface area contributed by atoms with Gasteiger partial charge >= 0.3 is 0 Å². The largest absolute Gasteiger partial charge is 0.496 e. The van der Waals surface area contributed by atoms with Gasteiger partial charge in [0.25, 0.3) is 0 Å². The average Bonchev–Trinajstić information content (AvgIpc) is 3.33. The van der Waals surface area contributed by atoms with Crippen molar-refractivity contribution in [2.24, 2.45) is 0 Å². The van der Waals surface area contributed by atoms with Crippen molar-refractivity contribution in [2.45, 2.75) is 25.8 Å². The van der Waals surface area contributed by atoms with Crippen molar-refractivity contribution in [3.05, 3.63) is 52.2 Å². The van der Waals surface area contributed by atoms with Gasteiger partial charge in [-0.15, -0.1) is 11.3 Å². The summed E-state index contributed by atoms with van der Waals surface area (Å²) in [7, 11) is 3.37. The van der Waals surface area contributed by atoms with E-state index in [-0.39, 0.29) is 5.91 Å². The molecule has 3 rings (SSSR count). The Hall–Kier alpha value is -2.38. The lowest BCUT2D eigenvalue weighted by Gasteiger charge is -2.19. The number of carbonyl (C=O) groups is 1. The molecule has 27 heavy (non-hydrogen) atoms. The van der Waals surface area contributed by atoms with Gasteiger partial charge in [-0.2, -0.15) is 4.98 Å². The summed E-state index contributed by atoms with van der Waals surface area (Å²) in [5, 5.41) is 6.56. The summed E-state index contributed by atoms with van der Waals surface area (Å²) in [5.41, 5.74) is 0.873. The molecule has 1 aromatic carbocycles. The fourth-order valence-corrected chi connectivity index (χ4v) is 3.50. The molecule has 0 saturated carbocycles. The lowest BCUT2D eigenvalue weighted by atomic mass is 10.1. The average molecular weight is 406 g/mol. The zero-order valence-corrected chi connectivity index (χ0v) is 16.7. The van der Waals surface area contributed by atoms with Crippen molar-refractivity contribution in [1.29, 1.82) is 0 Å². The first-order valence-electron chi connectivity index (χ1n) is 8.49. The molecule has 0 atom stereocenters. The fourth-order valence-electron chi connectivity index (χ4n) is 2.66. The molecule has 0 aliphatic carbocycles. The molecular formula is C19H20ClN3O3S. The zero-order chi connectivity index (χ0) is 19.2. The molecule has 0 aliphatic heterocycles. The summed E-state index contributed by atoms with van der Waals surface area (Å²) < 4.78 is 10.6. The minimum Gasteiger partial charge on any atom is -0.496 e. The predicted molar refractivity (Wildman–Crippen MR) is 105 cm³/mol. The molecule has 8 heteroatoms. The lowest BCUT2D eigenvalue weighted by Crippen LogP contribution is -2.26. The van der Waals surface area contributed by atoms with Crippen LogP contribution in [0.5, 0.6) is 5.75 Å². The van der Waals surface area contributed by atoms with Crippen LogP contribution in [0.15, 0.2) is 40.2 Å². The maximum absolute atomic E-state index is 12.4. The fraction of sp³-hybridized carbons (Fsp3) is 0.316. The molecular weight excluding hydrogens is 386 g/mol. The Labute approximate surface area is 166 Å². The summed E-state index contributed by atoms with van der Waals surface area (Å²) >= 11 is 7.61. The number of amides is 1. The monoisotopic (exact) mass is 405 g/mol. The van der Waals surface area contributed by atoms with Crippen LogP contribution in [-0.4, -0.2) is 35.1 Å². The molecule has 2 aromatic heterocycles.